The molecule has 5 heteroatoms. The molecule has 0 fully saturated rings. The fourth-order valence-electron chi connectivity index (χ4n) is 2.02. The third-order valence-corrected chi connectivity index (χ3v) is 2.89. The Bertz CT molecular complexity index is 471. The molecule has 18 heavy (non-hydrogen) atoms. The van der Waals surface area contributed by atoms with Crippen molar-refractivity contribution >= 4 is 17.5 Å². The molecule has 1 heterocycles. The zero-order valence-electron chi connectivity index (χ0n) is 10.1. The number of hydrogen-bond donors (Lipinski definition) is 3. The Hall–Kier alpha value is -1.88. The highest BCUT2D eigenvalue weighted by Gasteiger charge is 2.30. The van der Waals surface area contributed by atoms with Gasteiger partial charge in [0, 0.05) is 18.7 Å². The van der Waals surface area contributed by atoms with E-state index in [0.717, 1.165) is 5.56 Å². The number of carbonyl (C=O) groups is 2. The van der Waals surface area contributed by atoms with E-state index >= 15 is 0 Å². The molecule has 0 radical (unpaired) electrons. The van der Waals surface area contributed by atoms with Crippen molar-refractivity contribution in [1.29, 1.82) is 0 Å². The van der Waals surface area contributed by atoms with E-state index in [2.05, 4.69) is 10.6 Å². The van der Waals surface area contributed by atoms with Crippen LogP contribution < -0.4 is 10.6 Å². The maximum absolute atomic E-state index is 12.0. The summed E-state index contributed by atoms with van der Waals surface area (Å²) in [7, 11) is 0. The van der Waals surface area contributed by atoms with Crippen molar-refractivity contribution in [2.75, 3.05) is 11.9 Å². The van der Waals surface area contributed by atoms with Gasteiger partial charge in [0.25, 0.3) is 0 Å². The third kappa shape index (κ3) is 2.68. The van der Waals surface area contributed by atoms with Crippen LogP contribution in [0.25, 0.3) is 0 Å². The molecule has 0 bridgehead atoms. The molecule has 0 aromatic heterocycles. The molecule has 5 nitrogen and oxygen atoms in total. The predicted molar refractivity (Wildman–Crippen MR) is 67.1 cm³/mol. The molecular formula is C13H16N2O3. The molecule has 2 atom stereocenters. The van der Waals surface area contributed by atoms with Crippen LogP contribution >= 0.6 is 0 Å². The Morgan fingerprint density at radius 2 is 2.28 bits per heavy atom. The van der Waals surface area contributed by atoms with Gasteiger partial charge < -0.3 is 15.7 Å². The first kappa shape index (κ1) is 12.6. The molecule has 0 spiro atoms. The summed E-state index contributed by atoms with van der Waals surface area (Å²) in [6.45, 7) is 1.79. The summed E-state index contributed by atoms with van der Waals surface area (Å²) in [6.07, 6.45) is -0.454. The minimum absolute atomic E-state index is 0.142. The van der Waals surface area contributed by atoms with E-state index in [1.165, 1.54) is 0 Å². The van der Waals surface area contributed by atoms with Gasteiger partial charge in [0.15, 0.2) is 0 Å². The number of rotatable bonds is 3. The molecule has 1 aliphatic rings. The largest absolute Gasteiger partial charge is 0.392 e. The minimum atomic E-state index is -0.596. The lowest BCUT2D eigenvalue weighted by atomic mass is 9.90. The first-order valence-electron chi connectivity index (χ1n) is 5.92. The number of anilines is 1. The first-order valence-corrected chi connectivity index (χ1v) is 5.92. The summed E-state index contributed by atoms with van der Waals surface area (Å²) in [6, 6.07) is 7.27. The number of amides is 2. The number of nitrogens with one attached hydrogen (secondary N) is 2. The van der Waals surface area contributed by atoms with E-state index in [9.17, 15) is 9.59 Å². The lowest BCUT2D eigenvalue weighted by Crippen LogP contribution is -2.37. The summed E-state index contributed by atoms with van der Waals surface area (Å²) in [5.74, 6) is -0.863. The van der Waals surface area contributed by atoms with E-state index in [1.54, 1.807) is 13.0 Å². The number of aliphatic hydroxyl groups is 1. The van der Waals surface area contributed by atoms with Crippen LogP contribution in [0.5, 0.6) is 0 Å². The second kappa shape index (κ2) is 5.18. The number of hydrogen-bond acceptors (Lipinski definition) is 3. The van der Waals surface area contributed by atoms with Gasteiger partial charge in [-0.1, -0.05) is 18.2 Å². The number of fused-ring (bicyclic) bond motifs is 1. The van der Waals surface area contributed by atoms with Crippen LogP contribution in [0.1, 0.15) is 24.8 Å². The fourth-order valence-corrected chi connectivity index (χ4v) is 2.02. The van der Waals surface area contributed by atoms with Crippen LogP contribution in [0.4, 0.5) is 5.69 Å². The number of para-hydroxylation sites is 1. The quantitative estimate of drug-likeness (QED) is 0.733. The molecule has 2 unspecified atom stereocenters. The zero-order valence-corrected chi connectivity index (χ0v) is 10.1. The van der Waals surface area contributed by atoms with Gasteiger partial charge in [0.1, 0.15) is 0 Å². The van der Waals surface area contributed by atoms with Gasteiger partial charge in [-0.15, -0.1) is 0 Å². The smallest absolute Gasteiger partial charge is 0.228 e. The SMILES string of the molecule is CC(O)CNC(=O)C1CC(=O)Nc2ccccc21. The normalized spacial score (nSPS) is 19.7. The fraction of sp³-hybridized carbons (Fsp3) is 0.385. The zero-order chi connectivity index (χ0) is 13.1. The highest BCUT2D eigenvalue weighted by Crippen LogP contribution is 2.31. The summed E-state index contributed by atoms with van der Waals surface area (Å²) >= 11 is 0. The van der Waals surface area contributed by atoms with Crippen molar-refractivity contribution in [2.24, 2.45) is 0 Å². The summed E-state index contributed by atoms with van der Waals surface area (Å²) in [5.41, 5.74) is 1.51. The second-order valence-electron chi connectivity index (χ2n) is 4.49. The Kier molecular flexibility index (Phi) is 3.62. The van der Waals surface area contributed by atoms with Crippen molar-refractivity contribution in [3.8, 4) is 0 Å². The second-order valence-corrected chi connectivity index (χ2v) is 4.49. The van der Waals surface area contributed by atoms with Crippen molar-refractivity contribution in [3.63, 3.8) is 0 Å². The molecule has 2 rings (SSSR count). The highest BCUT2D eigenvalue weighted by atomic mass is 16.3. The maximum atomic E-state index is 12.0. The molecule has 1 aliphatic heterocycles. The topological polar surface area (TPSA) is 78.4 Å². The van der Waals surface area contributed by atoms with Crippen LogP contribution in [-0.2, 0) is 9.59 Å². The van der Waals surface area contributed by atoms with Crippen molar-refractivity contribution < 1.29 is 14.7 Å². The Morgan fingerprint density at radius 3 is 3.00 bits per heavy atom. The predicted octanol–water partition coefficient (Wildman–Crippen LogP) is 0.609. The van der Waals surface area contributed by atoms with Gasteiger partial charge in [-0.2, -0.15) is 0 Å². The van der Waals surface area contributed by atoms with Crippen LogP contribution in [0.3, 0.4) is 0 Å². The van der Waals surface area contributed by atoms with Gasteiger partial charge in [-0.3, -0.25) is 9.59 Å². The van der Waals surface area contributed by atoms with Crippen molar-refractivity contribution in [1.82, 2.24) is 5.32 Å². The van der Waals surface area contributed by atoms with Gasteiger partial charge in [-0.25, -0.2) is 0 Å². The molecule has 2 amide bonds. The molecule has 96 valence electrons. The first-order chi connectivity index (χ1) is 8.58. The molecule has 1 aromatic rings. The average molecular weight is 248 g/mol. The molecule has 1 aromatic carbocycles. The van der Waals surface area contributed by atoms with E-state index in [-0.39, 0.29) is 24.8 Å². The van der Waals surface area contributed by atoms with E-state index < -0.39 is 12.0 Å². The van der Waals surface area contributed by atoms with Crippen LogP contribution in [0, 0.1) is 0 Å². The number of benzene rings is 1. The van der Waals surface area contributed by atoms with E-state index in [4.69, 9.17) is 5.11 Å². The van der Waals surface area contributed by atoms with Crippen LogP contribution in [-0.4, -0.2) is 29.6 Å². The highest BCUT2D eigenvalue weighted by molar-refractivity contribution is 6.01. The van der Waals surface area contributed by atoms with Crippen molar-refractivity contribution in [2.45, 2.75) is 25.4 Å². The van der Waals surface area contributed by atoms with Crippen LogP contribution in [0.2, 0.25) is 0 Å². The Morgan fingerprint density at radius 1 is 1.56 bits per heavy atom. The minimum Gasteiger partial charge on any atom is -0.392 e. The number of carbonyl (C=O) groups excluding carboxylic acids is 2. The Balaban J connectivity index is 2.18. The summed E-state index contributed by atoms with van der Waals surface area (Å²) in [4.78, 5) is 23.5. The van der Waals surface area contributed by atoms with E-state index in [0.29, 0.717) is 5.69 Å². The molecule has 0 saturated heterocycles. The molecule has 3 N–H and O–H groups in total. The standard InChI is InChI=1S/C13H16N2O3/c1-8(16)7-14-13(18)10-6-12(17)15-11-5-3-2-4-9(10)11/h2-5,8,10,16H,6-7H2,1H3,(H,14,18)(H,15,17). The van der Waals surface area contributed by atoms with Crippen molar-refractivity contribution in [3.05, 3.63) is 29.8 Å². The maximum Gasteiger partial charge on any atom is 0.228 e. The summed E-state index contributed by atoms with van der Waals surface area (Å²) < 4.78 is 0. The molecular weight excluding hydrogens is 232 g/mol. The number of aliphatic hydroxyl groups excluding tert-OH is 1. The average Bonchev–Trinajstić information content (AvgIpc) is 2.34. The van der Waals surface area contributed by atoms with Gasteiger partial charge in [-0.05, 0) is 18.6 Å². The van der Waals surface area contributed by atoms with Gasteiger partial charge in [0.2, 0.25) is 11.8 Å². The monoisotopic (exact) mass is 248 g/mol. The Labute approximate surface area is 105 Å². The molecule has 0 aliphatic carbocycles. The van der Waals surface area contributed by atoms with Gasteiger partial charge in [0.05, 0.1) is 12.0 Å². The lowest BCUT2D eigenvalue weighted by molar-refractivity contribution is -0.126. The third-order valence-electron chi connectivity index (χ3n) is 2.89. The lowest BCUT2D eigenvalue weighted by Gasteiger charge is -2.24. The summed E-state index contributed by atoms with van der Waals surface area (Å²) in [5, 5.41) is 14.5. The van der Waals surface area contributed by atoms with E-state index in [1.807, 2.05) is 18.2 Å². The van der Waals surface area contributed by atoms with Crippen LogP contribution in [0.15, 0.2) is 24.3 Å². The van der Waals surface area contributed by atoms with Gasteiger partial charge >= 0.3 is 0 Å². The molecule has 0 saturated carbocycles.